The van der Waals surface area contributed by atoms with E-state index in [2.05, 4.69) is 28.9 Å². The van der Waals surface area contributed by atoms with E-state index in [-0.39, 0.29) is 0 Å². The van der Waals surface area contributed by atoms with Gasteiger partial charge in [0, 0.05) is 25.7 Å². The minimum absolute atomic E-state index is 0.689. The fourth-order valence-electron chi connectivity index (χ4n) is 3.58. The van der Waals surface area contributed by atoms with Crippen LogP contribution in [0.1, 0.15) is 30.4 Å². The van der Waals surface area contributed by atoms with Gasteiger partial charge in [-0.2, -0.15) is 5.26 Å². The first-order chi connectivity index (χ1) is 9.29. The van der Waals surface area contributed by atoms with E-state index in [4.69, 9.17) is 0 Å². The number of hydrogen-bond donors (Lipinski definition) is 0. The molecule has 3 nitrogen and oxygen atoms in total. The summed E-state index contributed by atoms with van der Waals surface area (Å²) in [6, 6.07) is 9.09. The van der Waals surface area contributed by atoms with Crippen molar-refractivity contribution in [2.24, 2.45) is 0 Å². The largest absolute Gasteiger partial charge is 0.369 e. The monoisotopic (exact) mass is 255 g/mol. The molecule has 2 aliphatic heterocycles. The van der Waals surface area contributed by atoms with Crippen molar-refractivity contribution in [1.82, 2.24) is 4.90 Å². The van der Waals surface area contributed by atoms with Gasteiger partial charge in [-0.05, 0) is 44.4 Å². The number of hydrogen-bond acceptors (Lipinski definition) is 3. The average Bonchev–Trinajstić information content (AvgIpc) is 2.76. The van der Waals surface area contributed by atoms with E-state index in [9.17, 15) is 5.26 Å². The molecule has 19 heavy (non-hydrogen) atoms. The average molecular weight is 255 g/mol. The number of aryl methyl sites for hydroxylation is 1. The Hall–Kier alpha value is -1.53. The summed E-state index contributed by atoms with van der Waals surface area (Å²) in [4.78, 5) is 5.08. The minimum Gasteiger partial charge on any atom is -0.369 e. The fourth-order valence-corrected chi connectivity index (χ4v) is 3.58. The van der Waals surface area contributed by atoms with Gasteiger partial charge in [-0.3, -0.25) is 4.90 Å². The van der Waals surface area contributed by atoms with Gasteiger partial charge in [-0.15, -0.1) is 0 Å². The molecule has 1 atom stereocenters. The molecule has 2 saturated heterocycles. The van der Waals surface area contributed by atoms with E-state index >= 15 is 0 Å². The van der Waals surface area contributed by atoms with Crippen molar-refractivity contribution < 1.29 is 0 Å². The molecule has 2 aliphatic rings. The molecule has 2 fully saturated rings. The van der Waals surface area contributed by atoms with Crippen molar-refractivity contribution in [3.05, 3.63) is 29.3 Å². The number of fused-ring (bicyclic) bond motifs is 1. The third-order valence-corrected chi connectivity index (χ3v) is 4.48. The molecule has 100 valence electrons. The highest BCUT2D eigenvalue weighted by atomic mass is 15.3. The lowest BCUT2D eigenvalue weighted by Crippen LogP contribution is -2.37. The lowest BCUT2D eigenvalue weighted by Gasteiger charge is -2.29. The molecule has 0 N–H and O–H groups in total. The Morgan fingerprint density at radius 1 is 1.21 bits per heavy atom. The first-order valence-electron chi connectivity index (χ1n) is 7.28. The van der Waals surface area contributed by atoms with Gasteiger partial charge < -0.3 is 4.90 Å². The lowest BCUT2D eigenvalue weighted by atomic mass is 10.1. The third-order valence-electron chi connectivity index (χ3n) is 4.48. The van der Waals surface area contributed by atoms with Gasteiger partial charge in [0.1, 0.15) is 6.07 Å². The molecule has 0 aliphatic carbocycles. The molecular formula is C16H21N3. The Bertz CT molecular complexity index is 503. The maximum Gasteiger partial charge on any atom is 0.101 e. The highest BCUT2D eigenvalue weighted by Crippen LogP contribution is 2.29. The zero-order valence-corrected chi connectivity index (χ0v) is 11.6. The van der Waals surface area contributed by atoms with Crippen LogP contribution in [0.2, 0.25) is 0 Å². The molecule has 0 radical (unpaired) electrons. The summed E-state index contributed by atoms with van der Waals surface area (Å²) in [5.74, 6) is 0. The maximum atomic E-state index is 9.34. The van der Waals surface area contributed by atoms with Crippen LogP contribution in [0.25, 0.3) is 0 Å². The van der Waals surface area contributed by atoms with Crippen LogP contribution >= 0.6 is 0 Å². The summed E-state index contributed by atoms with van der Waals surface area (Å²) < 4.78 is 0. The van der Waals surface area contributed by atoms with Crippen LogP contribution in [-0.2, 0) is 0 Å². The van der Waals surface area contributed by atoms with E-state index < -0.39 is 0 Å². The minimum atomic E-state index is 0.689. The molecule has 0 bridgehead atoms. The predicted octanol–water partition coefficient (Wildman–Crippen LogP) is 2.54. The predicted molar refractivity (Wildman–Crippen MR) is 77.3 cm³/mol. The smallest absolute Gasteiger partial charge is 0.101 e. The summed E-state index contributed by atoms with van der Waals surface area (Å²) >= 11 is 0. The number of nitrogens with zero attached hydrogens (tertiary/aromatic N) is 3. The van der Waals surface area contributed by atoms with Gasteiger partial charge in [-0.1, -0.05) is 12.1 Å². The van der Waals surface area contributed by atoms with Crippen LogP contribution in [0.15, 0.2) is 18.2 Å². The summed E-state index contributed by atoms with van der Waals surface area (Å²) in [6.45, 7) is 6.76. The molecule has 0 spiro atoms. The highest BCUT2D eigenvalue weighted by molar-refractivity contribution is 5.64. The molecule has 1 aromatic carbocycles. The van der Waals surface area contributed by atoms with E-state index in [0.717, 1.165) is 18.7 Å². The van der Waals surface area contributed by atoms with Crippen molar-refractivity contribution in [2.75, 3.05) is 31.1 Å². The molecule has 3 rings (SSSR count). The molecule has 0 amide bonds. The van der Waals surface area contributed by atoms with Gasteiger partial charge in [0.2, 0.25) is 0 Å². The summed E-state index contributed by atoms with van der Waals surface area (Å²) in [6.07, 6.45) is 3.84. The molecule has 3 heteroatoms. The summed E-state index contributed by atoms with van der Waals surface area (Å²) in [5, 5.41) is 9.34. The van der Waals surface area contributed by atoms with Crippen LogP contribution < -0.4 is 4.90 Å². The number of para-hydroxylation sites is 1. The van der Waals surface area contributed by atoms with E-state index in [1.807, 2.05) is 12.1 Å². The summed E-state index contributed by atoms with van der Waals surface area (Å²) in [7, 11) is 0. The van der Waals surface area contributed by atoms with Crippen LogP contribution in [0.4, 0.5) is 5.69 Å². The number of benzene rings is 1. The second-order valence-corrected chi connectivity index (χ2v) is 5.71. The fraction of sp³-hybridized carbons (Fsp3) is 0.562. The van der Waals surface area contributed by atoms with Crippen LogP contribution in [0.3, 0.4) is 0 Å². The van der Waals surface area contributed by atoms with Crippen molar-refractivity contribution in [3.8, 4) is 6.07 Å². The topological polar surface area (TPSA) is 30.3 Å². The van der Waals surface area contributed by atoms with E-state index in [0.29, 0.717) is 6.04 Å². The number of anilines is 1. The second-order valence-electron chi connectivity index (χ2n) is 5.71. The highest BCUT2D eigenvalue weighted by Gasteiger charge is 2.29. The Morgan fingerprint density at radius 2 is 2.05 bits per heavy atom. The zero-order valence-electron chi connectivity index (χ0n) is 11.6. The Morgan fingerprint density at radius 3 is 2.89 bits per heavy atom. The first kappa shape index (κ1) is 12.5. The molecule has 1 unspecified atom stereocenters. The molecule has 0 aromatic heterocycles. The van der Waals surface area contributed by atoms with Crippen molar-refractivity contribution in [3.63, 3.8) is 0 Å². The van der Waals surface area contributed by atoms with Crippen molar-refractivity contribution >= 4 is 5.69 Å². The quantitative estimate of drug-likeness (QED) is 0.772. The Balaban J connectivity index is 1.91. The molecule has 1 aromatic rings. The second kappa shape index (κ2) is 5.22. The van der Waals surface area contributed by atoms with E-state index in [1.54, 1.807) is 0 Å². The van der Waals surface area contributed by atoms with Crippen molar-refractivity contribution in [1.29, 1.82) is 5.26 Å². The van der Waals surface area contributed by atoms with Gasteiger partial charge >= 0.3 is 0 Å². The zero-order chi connectivity index (χ0) is 13.2. The normalized spacial score (nSPS) is 23.8. The van der Waals surface area contributed by atoms with E-state index in [1.165, 1.54) is 43.6 Å². The SMILES string of the molecule is Cc1cccc(C#N)c1N1CCCN2CCCC2C1. The molecule has 0 saturated carbocycles. The molecule has 2 heterocycles. The van der Waals surface area contributed by atoms with Crippen molar-refractivity contribution in [2.45, 2.75) is 32.2 Å². The van der Waals surface area contributed by atoms with Crippen LogP contribution in [0.5, 0.6) is 0 Å². The number of rotatable bonds is 1. The number of nitriles is 1. The lowest BCUT2D eigenvalue weighted by molar-refractivity contribution is 0.273. The Labute approximate surface area is 115 Å². The Kier molecular flexibility index (Phi) is 3.44. The molecular weight excluding hydrogens is 234 g/mol. The van der Waals surface area contributed by atoms with Gasteiger partial charge in [-0.25, -0.2) is 0 Å². The van der Waals surface area contributed by atoms with Gasteiger partial charge in [0.25, 0.3) is 0 Å². The maximum absolute atomic E-state index is 9.34. The van der Waals surface area contributed by atoms with Gasteiger partial charge in [0.05, 0.1) is 11.3 Å². The van der Waals surface area contributed by atoms with Gasteiger partial charge in [0.15, 0.2) is 0 Å². The van der Waals surface area contributed by atoms with Crippen LogP contribution in [-0.4, -0.2) is 37.1 Å². The standard InChI is InChI=1S/C16H21N3/c1-13-5-2-6-14(11-17)16(13)19-10-4-9-18-8-3-7-15(18)12-19/h2,5-6,15H,3-4,7-10,12H2,1H3. The summed E-state index contributed by atoms with van der Waals surface area (Å²) in [5.41, 5.74) is 3.22. The first-order valence-corrected chi connectivity index (χ1v) is 7.28. The van der Waals surface area contributed by atoms with Crippen LogP contribution in [0, 0.1) is 18.3 Å². The third kappa shape index (κ3) is 2.33.